The van der Waals surface area contributed by atoms with Gasteiger partial charge in [-0.05, 0) is 72.8 Å². The van der Waals surface area contributed by atoms with Crippen molar-refractivity contribution in [3.8, 4) is 0 Å². The van der Waals surface area contributed by atoms with Crippen LogP contribution in [0.2, 0.25) is 0 Å². The minimum Gasteiger partial charge on any atom is -0.352 e. The van der Waals surface area contributed by atoms with Gasteiger partial charge in [0.05, 0.1) is 4.90 Å². The van der Waals surface area contributed by atoms with E-state index in [1.54, 1.807) is 16.4 Å². The molecule has 1 aliphatic rings. The van der Waals surface area contributed by atoms with Gasteiger partial charge < -0.3 is 5.32 Å². The second kappa shape index (κ2) is 12.5. The molecule has 0 saturated heterocycles. The molecular weight excluding hydrogens is 504 g/mol. The normalized spacial score (nSPS) is 18.2. The molecule has 0 aromatic heterocycles. The first-order valence-electron chi connectivity index (χ1n) is 14.0. The topological polar surface area (TPSA) is 66.5 Å². The molecule has 6 heteroatoms. The number of aryl methyl sites for hydroxylation is 1. The second-order valence-electron chi connectivity index (χ2n) is 12.0. The third-order valence-electron chi connectivity index (χ3n) is 7.83. The van der Waals surface area contributed by atoms with Gasteiger partial charge >= 0.3 is 0 Å². The third kappa shape index (κ3) is 7.80. The lowest BCUT2D eigenvalue weighted by molar-refractivity contribution is -0.126. The van der Waals surface area contributed by atoms with Crippen LogP contribution in [-0.2, 0) is 33.3 Å². The van der Waals surface area contributed by atoms with Crippen LogP contribution in [0, 0.1) is 18.8 Å². The smallest absolute Gasteiger partial charge is 0.243 e. The van der Waals surface area contributed by atoms with Crippen LogP contribution < -0.4 is 5.32 Å². The molecule has 3 aromatic rings. The summed E-state index contributed by atoms with van der Waals surface area (Å²) in [5, 5.41) is 3.09. The Kier molecular flexibility index (Phi) is 9.29. The van der Waals surface area contributed by atoms with E-state index in [9.17, 15) is 13.2 Å². The summed E-state index contributed by atoms with van der Waals surface area (Å²) in [5.41, 5.74) is 4.33. The molecule has 0 heterocycles. The molecule has 0 spiro atoms. The number of carbonyl (C=O) groups is 1. The molecule has 208 valence electrons. The zero-order valence-electron chi connectivity index (χ0n) is 23.7. The highest BCUT2D eigenvalue weighted by atomic mass is 32.2. The number of rotatable bonds is 9. The first-order valence-corrected chi connectivity index (χ1v) is 15.4. The van der Waals surface area contributed by atoms with Crippen LogP contribution in [-0.4, -0.2) is 25.2 Å². The molecular formula is C33H42N2O3S. The average Bonchev–Trinajstić information content (AvgIpc) is 2.93. The van der Waals surface area contributed by atoms with Crippen LogP contribution in [0.5, 0.6) is 0 Å². The van der Waals surface area contributed by atoms with Gasteiger partial charge in [-0.25, -0.2) is 8.42 Å². The summed E-state index contributed by atoms with van der Waals surface area (Å²) >= 11 is 0. The van der Waals surface area contributed by atoms with E-state index in [0.29, 0.717) is 24.5 Å². The van der Waals surface area contributed by atoms with Crippen molar-refractivity contribution in [2.45, 2.75) is 76.8 Å². The number of sulfonamides is 1. The van der Waals surface area contributed by atoms with E-state index >= 15 is 0 Å². The highest BCUT2D eigenvalue weighted by molar-refractivity contribution is 7.89. The number of hydrogen-bond donors (Lipinski definition) is 1. The summed E-state index contributed by atoms with van der Waals surface area (Å²) in [7, 11) is -3.68. The number of benzene rings is 3. The predicted octanol–water partition coefficient (Wildman–Crippen LogP) is 6.61. The van der Waals surface area contributed by atoms with Crippen LogP contribution in [0.15, 0.2) is 83.8 Å². The monoisotopic (exact) mass is 546 g/mol. The number of hydrogen-bond acceptors (Lipinski definition) is 3. The van der Waals surface area contributed by atoms with Crippen molar-refractivity contribution in [3.05, 3.63) is 101 Å². The molecule has 1 fully saturated rings. The maximum Gasteiger partial charge on any atom is 0.243 e. The van der Waals surface area contributed by atoms with Gasteiger partial charge in [-0.2, -0.15) is 4.31 Å². The van der Waals surface area contributed by atoms with E-state index in [1.807, 2.05) is 54.6 Å². The molecule has 1 saturated carbocycles. The van der Waals surface area contributed by atoms with Crippen molar-refractivity contribution in [1.29, 1.82) is 0 Å². The Balaban J connectivity index is 1.41. The first kappa shape index (κ1) is 29.0. The average molecular weight is 547 g/mol. The zero-order valence-corrected chi connectivity index (χ0v) is 24.5. The maximum atomic E-state index is 13.8. The molecule has 39 heavy (non-hydrogen) atoms. The predicted molar refractivity (Wildman–Crippen MR) is 158 cm³/mol. The lowest BCUT2D eigenvalue weighted by atomic mass is 9.81. The largest absolute Gasteiger partial charge is 0.352 e. The van der Waals surface area contributed by atoms with Crippen molar-refractivity contribution in [3.63, 3.8) is 0 Å². The first-order chi connectivity index (χ1) is 18.5. The minimum atomic E-state index is -3.68. The zero-order chi connectivity index (χ0) is 28.0. The summed E-state index contributed by atoms with van der Waals surface area (Å²) in [4.78, 5) is 13.2. The molecule has 0 aliphatic heterocycles. The minimum absolute atomic E-state index is 0.0178. The van der Waals surface area contributed by atoms with E-state index in [4.69, 9.17) is 0 Å². The fraction of sp³-hybridized carbons (Fsp3) is 0.424. The molecule has 0 radical (unpaired) electrons. The van der Waals surface area contributed by atoms with Crippen molar-refractivity contribution in [2.75, 3.05) is 6.54 Å². The molecule has 3 aromatic carbocycles. The summed E-state index contributed by atoms with van der Waals surface area (Å²) in [6.07, 6.45) is 3.24. The van der Waals surface area contributed by atoms with E-state index in [0.717, 1.165) is 42.4 Å². The standard InChI is InChI=1S/C33H42N2O3S/c1-25-10-12-26(13-11-25)22-34-32(36)29-16-14-28(15-17-29)24-35(23-27-8-6-5-7-9-27)39(37,38)31-20-18-30(19-21-31)33(2,3)4/h5-13,18-21,28-29H,14-17,22-24H2,1-4H3,(H,34,36). The van der Waals surface area contributed by atoms with E-state index in [-0.39, 0.29) is 23.2 Å². The summed E-state index contributed by atoms with van der Waals surface area (Å²) in [6, 6.07) is 25.3. The molecule has 4 rings (SSSR count). The Morgan fingerprint density at radius 3 is 2.05 bits per heavy atom. The second-order valence-corrected chi connectivity index (χ2v) is 13.9. The Labute approximate surface area is 234 Å². The van der Waals surface area contributed by atoms with Crippen LogP contribution in [0.1, 0.15) is 68.7 Å². The van der Waals surface area contributed by atoms with Gasteiger partial charge in [-0.15, -0.1) is 0 Å². The van der Waals surface area contributed by atoms with E-state index < -0.39 is 10.0 Å². The Hall–Kier alpha value is -2.96. The summed E-state index contributed by atoms with van der Waals surface area (Å²) < 4.78 is 29.3. The molecule has 5 nitrogen and oxygen atoms in total. The third-order valence-corrected chi connectivity index (χ3v) is 9.65. The molecule has 1 aliphatic carbocycles. The number of nitrogens with zero attached hydrogens (tertiary/aromatic N) is 1. The number of nitrogens with one attached hydrogen (secondary N) is 1. The van der Waals surface area contributed by atoms with Crippen molar-refractivity contribution >= 4 is 15.9 Å². The fourth-order valence-corrected chi connectivity index (χ4v) is 6.75. The van der Waals surface area contributed by atoms with E-state index in [1.165, 1.54) is 5.56 Å². The number of amides is 1. The Morgan fingerprint density at radius 1 is 0.846 bits per heavy atom. The lowest BCUT2D eigenvalue weighted by Gasteiger charge is -2.32. The van der Waals surface area contributed by atoms with Crippen LogP contribution in [0.4, 0.5) is 0 Å². The van der Waals surface area contributed by atoms with Gasteiger partial charge in [0.25, 0.3) is 0 Å². The van der Waals surface area contributed by atoms with E-state index in [2.05, 4.69) is 45.1 Å². The highest BCUT2D eigenvalue weighted by Gasteiger charge is 2.32. The molecule has 1 N–H and O–H groups in total. The van der Waals surface area contributed by atoms with Gasteiger partial charge in [-0.1, -0.05) is 93.1 Å². The summed E-state index contributed by atoms with van der Waals surface area (Å²) in [6.45, 7) is 9.74. The molecule has 0 unspecified atom stereocenters. The molecule has 1 amide bonds. The van der Waals surface area contributed by atoms with Crippen molar-refractivity contribution in [1.82, 2.24) is 9.62 Å². The number of carbonyl (C=O) groups excluding carboxylic acids is 1. The van der Waals surface area contributed by atoms with Crippen molar-refractivity contribution < 1.29 is 13.2 Å². The van der Waals surface area contributed by atoms with Crippen LogP contribution in [0.25, 0.3) is 0 Å². The summed E-state index contributed by atoms with van der Waals surface area (Å²) in [5.74, 6) is 0.302. The molecule has 0 bridgehead atoms. The van der Waals surface area contributed by atoms with Crippen LogP contribution in [0.3, 0.4) is 0 Å². The van der Waals surface area contributed by atoms with Crippen LogP contribution >= 0.6 is 0 Å². The SMILES string of the molecule is Cc1ccc(CNC(=O)C2CCC(CN(Cc3ccccc3)S(=O)(=O)c3ccc(C(C)(C)C)cc3)CC2)cc1. The fourth-order valence-electron chi connectivity index (χ4n) is 5.25. The Morgan fingerprint density at radius 2 is 1.46 bits per heavy atom. The van der Waals surface area contributed by atoms with Gasteiger partial charge in [0.1, 0.15) is 0 Å². The molecule has 0 atom stereocenters. The van der Waals surface area contributed by atoms with Gasteiger partial charge in [0, 0.05) is 25.6 Å². The van der Waals surface area contributed by atoms with Gasteiger partial charge in [-0.3, -0.25) is 4.79 Å². The van der Waals surface area contributed by atoms with Gasteiger partial charge in [0.15, 0.2) is 0 Å². The van der Waals surface area contributed by atoms with Crippen molar-refractivity contribution in [2.24, 2.45) is 11.8 Å². The van der Waals surface area contributed by atoms with Gasteiger partial charge in [0.2, 0.25) is 15.9 Å². The highest BCUT2D eigenvalue weighted by Crippen LogP contribution is 2.32. The lowest BCUT2D eigenvalue weighted by Crippen LogP contribution is -2.38. The Bertz CT molecular complexity index is 1320. The maximum absolute atomic E-state index is 13.8. The quantitative estimate of drug-likeness (QED) is 0.329.